The van der Waals surface area contributed by atoms with E-state index in [0.717, 1.165) is 23.1 Å². The van der Waals surface area contributed by atoms with Crippen molar-refractivity contribution in [3.05, 3.63) is 52.6 Å². The third-order valence-corrected chi connectivity index (χ3v) is 5.50. The van der Waals surface area contributed by atoms with Crippen LogP contribution in [0.1, 0.15) is 36.1 Å². The molecule has 2 heterocycles. The molecule has 0 fully saturated rings. The van der Waals surface area contributed by atoms with Crippen LogP contribution in [-0.2, 0) is 17.8 Å². The van der Waals surface area contributed by atoms with Gasteiger partial charge in [0.2, 0.25) is 5.82 Å². The third-order valence-electron chi connectivity index (χ3n) is 5.50. The molecule has 2 aromatic carbocycles. The fourth-order valence-corrected chi connectivity index (χ4v) is 4.02. The van der Waals surface area contributed by atoms with E-state index in [9.17, 15) is 15.2 Å². The van der Waals surface area contributed by atoms with Crippen molar-refractivity contribution in [2.45, 2.75) is 39.8 Å². The summed E-state index contributed by atoms with van der Waals surface area (Å²) < 4.78 is 11.2. The maximum Gasteiger partial charge on any atom is 1.00 e. The van der Waals surface area contributed by atoms with E-state index in [1.165, 1.54) is 5.56 Å². The van der Waals surface area contributed by atoms with Crippen LogP contribution in [0.2, 0.25) is 0 Å². The van der Waals surface area contributed by atoms with Gasteiger partial charge in [-0.2, -0.15) is 10.2 Å². The molecule has 33 heavy (non-hydrogen) atoms. The summed E-state index contributed by atoms with van der Waals surface area (Å²) in [7, 11) is 0. The molecule has 0 aliphatic carbocycles. The summed E-state index contributed by atoms with van der Waals surface area (Å²) in [6.45, 7) is 6.99. The van der Waals surface area contributed by atoms with E-state index in [1.54, 1.807) is 18.2 Å². The van der Waals surface area contributed by atoms with Crippen LogP contribution in [0.4, 0.5) is 0 Å². The summed E-state index contributed by atoms with van der Waals surface area (Å²) >= 11 is 0. The van der Waals surface area contributed by atoms with E-state index in [1.807, 2.05) is 37.8 Å². The number of carboxylic acids is 1. The molecule has 1 aromatic heterocycles. The molecular formula is C24H23N4NaO4. The van der Waals surface area contributed by atoms with Crippen molar-refractivity contribution in [2.75, 3.05) is 13.1 Å². The van der Waals surface area contributed by atoms with Gasteiger partial charge in [0.1, 0.15) is 11.8 Å². The predicted octanol–water partition coefficient (Wildman–Crippen LogP) is -0.517. The van der Waals surface area contributed by atoms with Crippen LogP contribution in [0.25, 0.3) is 22.8 Å². The summed E-state index contributed by atoms with van der Waals surface area (Å²) in [5.74, 6) is 0.247. The molecule has 0 unspecified atom stereocenters. The molecule has 4 rings (SSSR count). The van der Waals surface area contributed by atoms with Gasteiger partial charge in [0.15, 0.2) is 0 Å². The van der Waals surface area contributed by atoms with Crippen LogP contribution in [0.5, 0.6) is 5.75 Å². The van der Waals surface area contributed by atoms with Crippen molar-refractivity contribution >= 4 is 5.97 Å². The van der Waals surface area contributed by atoms with Crippen LogP contribution in [-0.4, -0.2) is 40.2 Å². The Bertz CT molecular complexity index is 1220. The maximum atomic E-state index is 10.9. The average molecular weight is 454 g/mol. The Hall–Kier alpha value is -2.70. The first kappa shape index (κ1) is 24.9. The second kappa shape index (κ2) is 10.5. The fraction of sp³-hybridized carbons (Fsp3) is 0.333. The Morgan fingerprint density at radius 3 is 2.82 bits per heavy atom. The molecule has 0 spiro atoms. The number of rotatable bonds is 6. The Kier molecular flexibility index (Phi) is 7.92. The SMILES string of the molecule is Cc1c(-c2noc(-c3ccc(OC(C)C)c(C#N)c3)n2)ccc2c1CCN(CC(=O)[O-])C2.[Na+]. The fourth-order valence-electron chi connectivity index (χ4n) is 4.02. The van der Waals surface area contributed by atoms with Gasteiger partial charge in [0.25, 0.3) is 5.89 Å². The van der Waals surface area contributed by atoms with Gasteiger partial charge in [-0.3, -0.25) is 4.90 Å². The van der Waals surface area contributed by atoms with Gasteiger partial charge < -0.3 is 19.2 Å². The zero-order chi connectivity index (χ0) is 22.8. The molecule has 0 saturated carbocycles. The van der Waals surface area contributed by atoms with Crippen molar-refractivity contribution in [1.29, 1.82) is 5.26 Å². The monoisotopic (exact) mass is 454 g/mol. The number of carbonyl (C=O) groups is 1. The Balaban J connectivity index is 0.00000306. The van der Waals surface area contributed by atoms with Gasteiger partial charge in [-0.05, 0) is 62.1 Å². The number of nitriles is 1. The third kappa shape index (κ3) is 5.45. The first-order chi connectivity index (χ1) is 15.4. The summed E-state index contributed by atoms with van der Waals surface area (Å²) in [6, 6.07) is 11.3. The van der Waals surface area contributed by atoms with E-state index in [-0.39, 0.29) is 42.2 Å². The van der Waals surface area contributed by atoms with Crippen LogP contribution in [0, 0.1) is 18.3 Å². The molecule has 1 aliphatic heterocycles. The number of hydrogen-bond acceptors (Lipinski definition) is 8. The summed E-state index contributed by atoms with van der Waals surface area (Å²) in [6.07, 6.45) is 0.707. The van der Waals surface area contributed by atoms with Crippen molar-refractivity contribution in [3.63, 3.8) is 0 Å². The molecule has 0 radical (unpaired) electrons. The number of fused-ring (bicyclic) bond motifs is 1. The maximum absolute atomic E-state index is 10.9. The standard InChI is InChI=1S/C24H24N4O4.Na/c1-14(2)31-21-7-5-16(10-18(21)11-25)24-26-23(27-32-24)20-6-4-17-12-28(13-22(29)30)9-8-19(17)15(20)3;/h4-7,10,14H,8-9,12-13H2,1-3H3,(H,29,30);/q;+1/p-1. The van der Waals surface area contributed by atoms with Crippen LogP contribution >= 0.6 is 0 Å². The molecule has 0 amide bonds. The zero-order valence-electron chi connectivity index (χ0n) is 19.2. The molecule has 3 aromatic rings. The smallest absolute Gasteiger partial charge is 0.549 e. The first-order valence-corrected chi connectivity index (χ1v) is 10.4. The normalized spacial score (nSPS) is 13.2. The molecule has 0 bridgehead atoms. The number of benzene rings is 2. The minimum Gasteiger partial charge on any atom is -0.549 e. The van der Waals surface area contributed by atoms with E-state index >= 15 is 0 Å². The van der Waals surface area contributed by atoms with Crippen LogP contribution in [0.3, 0.4) is 0 Å². The number of carbonyl (C=O) groups excluding carboxylic acids is 1. The molecule has 0 atom stereocenters. The van der Waals surface area contributed by atoms with Gasteiger partial charge in [-0.1, -0.05) is 17.3 Å². The van der Waals surface area contributed by atoms with Gasteiger partial charge in [-0.15, -0.1) is 0 Å². The second-order valence-corrected chi connectivity index (χ2v) is 8.12. The Labute approximate surface area is 214 Å². The molecule has 8 nitrogen and oxygen atoms in total. The van der Waals surface area contributed by atoms with Crippen molar-refractivity contribution in [2.24, 2.45) is 0 Å². The predicted molar refractivity (Wildman–Crippen MR) is 114 cm³/mol. The molecule has 164 valence electrons. The minimum atomic E-state index is -1.07. The number of hydrogen-bond donors (Lipinski definition) is 0. The van der Waals surface area contributed by atoms with Crippen LogP contribution < -0.4 is 39.4 Å². The molecule has 0 saturated heterocycles. The van der Waals surface area contributed by atoms with Gasteiger partial charge in [0, 0.05) is 30.8 Å². The first-order valence-electron chi connectivity index (χ1n) is 10.4. The quantitative estimate of drug-likeness (QED) is 0.457. The van der Waals surface area contributed by atoms with Gasteiger partial charge in [-0.25, -0.2) is 0 Å². The van der Waals surface area contributed by atoms with Gasteiger partial charge in [0.05, 0.1) is 17.6 Å². The van der Waals surface area contributed by atoms with Gasteiger partial charge >= 0.3 is 29.6 Å². The summed E-state index contributed by atoms with van der Waals surface area (Å²) in [4.78, 5) is 17.3. The summed E-state index contributed by atoms with van der Waals surface area (Å²) in [5, 5.41) is 24.5. The topological polar surface area (TPSA) is 115 Å². The number of aliphatic carboxylic acids is 1. The van der Waals surface area contributed by atoms with Crippen molar-refractivity contribution < 1.29 is 48.7 Å². The number of ether oxygens (including phenoxy) is 1. The van der Waals surface area contributed by atoms with Crippen molar-refractivity contribution in [1.82, 2.24) is 15.0 Å². The largest absolute Gasteiger partial charge is 1.00 e. The molecule has 0 N–H and O–H groups in total. The average Bonchev–Trinajstić information content (AvgIpc) is 3.23. The molecule has 1 aliphatic rings. The van der Waals surface area contributed by atoms with E-state index < -0.39 is 5.97 Å². The molecular weight excluding hydrogens is 431 g/mol. The van der Waals surface area contributed by atoms with E-state index in [2.05, 4.69) is 16.2 Å². The van der Waals surface area contributed by atoms with Crippen LogP contribution in [0.15, 0.2) is 34.9 Å². The van der Waals surface area contributed by atoms with Crippen molar-refractivity contribution in [3.8, 4) is 34.7 Å². The molecule has 9 heteroatoms. The second-order valence-electron chi connectivity index (χ2n) is 8.12. The number of carboxylic acid groups (broad SMARTS) is 1. The number of nitrogens with zero attached hydrogens (tertiary/aromatic N) is 4. The number of aromatic nitrogens is 2. The zero-order valence-corrected chi connectivity index (χ0v) is 21.2. The Morgan fingerprint density at radius 2 is 2.12 bits per heavy atom. The van der Waals surface area contributed by atoms with E-state index in [0.29, 0.717) is 41.7 Å². The minimum absolute atomic E-state index is 0. The summed E-state index contributed by atoms with van der Waals surface area (Å²) in [5.41, 5.74) is 5.26. The van der Waals surface area contributed by atoms with E-state index in [4.69, 9.17) is 9.26 Å². The Morgan fingerprint density at radius 1 is 1.33 bits per heavy atom.